The molecule has 4 aliphatic carbocycles. The SMILES string of the molecule is COC(=O)CC[C@H](C)[C@@H]1CC[C@@H]2[C@@H]3CC[C@H]4C[C@H]5CC[C@H]4[C@@]3(CO5)C(=O)[C@@H](Br)[C@]21C. The van der Waals surface area contributed by atoms with Crippen LogP contribution < -0.4 is 0 Å². The normalized spacial score (nSPS) is 50.4. The molecular weight excluding hydrogens is 444 g/mol. The Kier molecular flexibility index (Phi) is 5.41. The Morgan fingerprint density at radius 3 is 2.67 bits per heavy atom. The maximum absolute atomic E-state index is 14.3. The van der Waals surface area contributed by atoms with E-state index in [4.69, 9.17) is 9.47 Å². The smallest absolute Gasteiger partial charge is 0.305 e. The van der Waals surface area contributed by atoms with Gasteiger partial charge < -0.3 is 9.47 Å². The molecule has 0 aromatic rings. The molecule has 168 valence electrons. The van der Waals surface area contributed by atoms with Gasteiger partial charge in [-0.3, -0.25) is 9.59 Å². The van der Waals surface area contributed by atoms with Gasteiger partial charge in [0.05, 0.1) is 30.1 Å². The van der Waals surface area contributed by atoms with Crippen molar-refractivity contribution >= 4 is 27.7 Å². The number of carbonyl (C=O) groups excluding carboxylic acids is 2. The zero-order chi connectivity index (χ0) is 21.3. The molecule has 6 rings (SSSR count). The molecule has 2 heterocycles. The summed E-state index contributed by atoms with van der Waals surface area (Å²) in [6, 6.07) is 0. The van der Waals surface area contributed by atoms with Crippen molar-refractivity contribution in [3.8, 4) is 0 Å². The zero-order valence-electron chi connectivity index (χ0n) is 18.7. The van der Waals surface area contributed by atoms with Crippen LogP contribution in [0.15, 0.2) is 0 Å². The number of ketones is 1. The fourth-order valence-electron chi connectivity index (χ4n) is 9.09. The highest BCUT2D eigenvalue weighted by atomic mass is 79.9. The van der Waals surface area contributed by atoms with Crippen LogP contribution in [0, 0.1) is 46.3 Å². The number of halogens is 1. The first-order valence-electron chi connectivity index (χ1n) is 12.2. The summed E-state index contributed by atoms with van der Waals surface area (Å²) in [4.78, 5) is 25.9. The molecule has 0 radical (unpaired) electrons. The van der Waals surface area contributed by atoms with Gasteiger partial charge in [0, 0.05) is 6.42 Å². The summed E-state index contributed by atoms with van der Waals surface area (Å²) in [5.74, 6) is 3.48. The maximum atomic E-state index is 14.3. The van der Waals surface area contributed by atoms with Gasteiger partial charge in [-0.1, -0.05) is 29.8 Å². The second kappa shape index (κ2) is 7.57. The van der Waals surface area contributed by atoms with E-state index in [0.29, 0.717) is 60.4 Å². The zero-order valence-corrected chi connectivity index (χ0v) is 20.3. The van der Waals surface area contributed by atoms with E-state index in [1.165, 1.54) is 45.6 Å². The molecule has 2 aliphatic heterocycles. The number of methoxy groups -OCH3 is 1. The lowest BCUT2D eigenvalue weighted by Crippen LogP contribution is -2.65. The number of alkyl halides is 1. The van der Waals surface area contributed by atoms with Gasteiger partial charge in [0.2, 0.25) is 0 Å². The van der Waals surface area contributed by atoms with Crippen molar-refractivity contribution < 1.29 is 19.1 Å². The Balaban J connectivity index is 1.47. The van der Waals surface area contributed by atoms with Crippen LogP contribution in [0.5, 0.6) is 0 Å². The molecule has 4 saturated carbocycles. The number of hydrogen-bond acceptors (Lipinski definition) is 4. The fraction of sp³-hybridized carbons (Fsp3) is 0.920. The van der Waals surface area contributed by atoms with Crippen molar-refractivity contribution in [2.45, 2.75) is 82.6 Å². The minimum atomic E-state index is -0.253. The summed E-state index contributed by atoms with van der Waals surface area (Å²) in [6.07, 6.45) is 10.1. The predicted molar refractivity (Wildman–Crippen MR) is 118 cm³/mol. The van der Waals surface area contributed by atoms with E-state index in [-0.39, 0.29) is 21.6 Å². The van der Waals surface area contributed by atoms with Crippen LogP contribution >= 0.6 is 15.9 Å². The van der Waals surface area contributed by atoms with Crippen LogP contribution in [0.3, 0.4) is 0 Å². The molecule has 6 aliphatic rings. The molecule has 0 aromatic carbocycles. The molecular formula is C25H37BrO4. The topological polar surface area (TPSA) is 52.6 Å². The number of Topliss-reactive ketones (excluding diaryl/α,β-unsaturated/α-hetero) is 1. The number of fused-ring (bicyclic) bond motifs is 4. The Morgan fingerprint density at radius 1 is 1.17 bits per heavy atom. The Morgan fingerprint density at radius 2 is 1.90 bits per heavy atom. The molecule has 4 bridgehead atoms. The molecule has 6 fully saturated rings. The first kappa shape index (κ1) is 21.4. The van der Waals surface area contributed by atoms with Crippen LogP contribution in [0.2, 0.25) is 0 Å². The maximum Gasteiger partial charge on any atom is 0.305 e. The molecule has 4 nitrogen and oxygen atoms in total. The van der Waals surface area contributed by atoms with Crippen molar-refractivity contribution in [3.63, 3.8) is 0 Å². The van der Waals surface area contributed by atoms with E-state index in [9.17, 15) is 9.59 Å². The van der Waals surface area contributed by atoms with Crippen molar-refractivity contribution in [2.75, 3.05) is 13.7 Å². The highest BCUT2D eigenvalue weighted by Crippen LogP contribution is 2.70. The van der Waals surface area contributed by atoms with Gasteiger partial charge in [-0.25, -0.2) is 0 Å². The minimum Gasteiger partial charge on any atom is -0.469 e. The van der Waals surface area contributed by atoms with Gasteiger partial charge >= 0.3 is 5.97 Å². The summed E-state index contributed by atoms with van der Waals surface area (Å²) in [7, 11) is 1.46. The molecule has 30 heavy (non-hydrogen) atoms. The van der Waals surface area contributed by atoms with Crippen LogP contribution in [0.4, 0.5) is 0 Å². The molecule has 10 atom stereocenters. The highest BCUT2D eigenvalue weighted by molar-refractivity contribution is 9.10. The van der Waals surface area contributed by atoms with Crippen LogP contribution in [-0.4, -0.2) is 36.4 Å². The third kappa shape index (κ3) is 2.79. The Bertz CT molecular complexity index is 724. The first-order chi connectivity index (χ1) is 14.3. The summed E-state index contributed by atoms with van der Waals surface area (Å²) in [5.41, 5.74) is -0.281. The van der Waals surface area contributed by atoms with Crippen molar-refractivity contribution in [1.82, 2.24) is 0 Å². The summed E-state index contributed by atoms with van der Waals surface area (Å²) < 4.78 is 11.3. The lowest BCUT2D eigenvalue weighted by atomic mass is 9.42. The Labute approximate surface area is 189 Å². The quantitative estimate of drug-likeness (QED) is 0.411. The standard InChI is InChI=1S/C25H37BrO4/c1-14(4-11-21(27)29-3)17-9-10-19-20-7-5-15-12-16-6-8-18(15)25(20,13-30-16)23(28)22(26)24(17,19)2/h14-20,22H,4-13H2,1-3H3/t14-,15-,16+,17-,18+,19+,20-,22+,24-,25+/m0/s1. The molecule has 0 amide bonds. The van der Waals surface area contributed by atoms with Crippen LogP contribution in [0.25, 0.3) is 0 Å². The molecule has 0 unspecified atom stereocenters. The number of ether oxygens (including phenoxy) is 2. The van der Waals surface area contributed by atoms with Gasteiger partial charge in [0.25, 0.3) is 0 Å². The average Bonchev–Trinajstić information content (AvgIpc) is 2.94. The van der Waals surface area contributed by atoms with E-state index < -0.39 is 0 Å². The second-order valence-electron chi connectivity index (χ2n) is 11.3. The third-order valence-electron chi connectivity index (χ3n) is 10.5. The van der Waals surface area contributed by atoms with Gasteiger partial charge in [-0.15, -0.1) is 0 Å². The van der Waals surface area contributed by atoms with Crippen LogP contribution in [0.1, 0.15) is 71.6 Å². The predicted octanol–water partition coefficient (Wildman–Crippen LogP) is 5.17. The lowest BCUT2D eigenvalue weighted by molar-refractivity contribution is -0.168. The van der Waals surface area contributed by atoms with E-state index in [1.54, 1.807) is 0 Å². The monoisotopic (exact) mass is 480 g/mol. The number of carbonyl (C=O) groups is 2. The minimum absolute atomic E-state index is 0.0281. The van der Waals surface area contributed by atoms with Gasteiger partial charge in [0.1, 0.15) is 0 Å². The van der Waals surface area contributed by atoms with E-state index in [1.807, 2.05) is 0 Å². The van der Waals surface area contributed by atoms with E-state index >= 15 is 0 Å². The van der Waals surface area contributed by atoms with Gasteiger partial charge in [-0.05, 0) is 92.3 Å². The summed E-state index contributed by atoms with van der Waals surface area (Å²) in [6.45, 7) is 5.33. The Hall–Kier alpha value is -0.420. The third-order valence-corrected chi connectivity index (χ3v) is 11.9. The summed E-state index contributed by atoms with van der Waals surface area (Å²) >= 11 is 4.00. The lowest BCUT2D eigenvalue weighted by Gasteiger charge is -2.61. The molecule has 0 N–H and O–H groups in total. The molecule has 2 saturated heterocycles. The van der Waals surface area contributed by atoms with E-state index in [2.05, 4.69) is 29.8 Å². The second-order valence-corrected chi connectivity index (χ2v) is 12.2. The molecule has 5 heteroatoms. The first-order valence-corrected chi connectivity index (χ1v) is 13.1. The fourth-order valence-corrected chi connectivity index (χ4v) is 10.2. The van der Waals surface area contributed by atoms with Gasteiger partial charge in [-0.2, -0.15) is 0 Å². The van der Waals surface area contributed by atoms with Crippen LogP contribution in [-0.2, 0) is 19.1 Å². The highest BCUT2D eigenvalue weighted by Gasteiger charge is 2.71. The number of esters is 1. The number of rotatable bonds is 4. The van der Waals surface area contributed by atoms with Crippen molar-refractivity contribution in [1.29, 1.82) is 0 Å². The van der Waals surface area contributed by atoms with Crippen molar-refractivity contribution in [2.24, 2.45) is 46.3 Å². The van der Waals surface area contributed by atoms with Gasteiger partial charge in [0.15, 0.2) is 5.78 Å². The number of hydrogen-bond donors (Lipinski definition) is 0. The largest absolute Gasteiger partial charge is 0.469 e. The van der Waals surface area contributed by atoms with E-state index in [0.717, 1.165) is 12.8 Å². The van der Waals surface area contributed by atoms with Crippen molar-refractivity contribution in [3.05, 3.63) is 0 Å². The molecule has 1 spiro atoms. The average molecular weight is 481 g/mol. The molecule has 0 aromatic heterocycles. The summed E-state index contributed by atoms with van der Waals surface area (Å²) in [5, 5.41) is 0.